The first-order valence-corrected chi connectivity index (χ1v) is 14.4. The van der Waals surface area contributed by atoms with E-state index in [1.165, 1.54) is 12.6 Å². The number of anilines is 2. The molecule has 0 bridgehead atoms. The summed E-state index contributed by atoms with van der Waals surface area (Å²) < 4.78 is 28.7. The van der Waals surface area contributed by atoms with Crippen LogP contribution in [-0.4, -0.2) is 80.3 Å². The molecular formula is C27H34N6O4S. The van der Waals surface area contributed by atoms with E-state index < -0.39 is 9.84 Å². The molecule has 0 saturated carbocycles. The maximum atomic E-state index is 11.4. The topological polar surface area (TPSA) is 109 Å². The molecule has 4 rings (SSSR count). The van der Waals surface area contributed by atoms with Crippen molar-refractivity contribution in [2.75, 3.05) is 51.1 Å². The number of hydrogen-bond donors (Lipinski definition) is 2. The van der Waals surface area contributed by atoms with Crippen molar-refractivity contribution in [1.82, 2.24) is 25.2 Å². The van der Waals surface area contributed by atoms with Crippen molar-refractivity contribution in [3.63, 3.8) is 0 Å². The Hall–Kier alpha value is -3.51. The Balaban J connectivity index is 1.41. The quantitative estimate of drug-likeness (QED) is 0.328. The second kappa shape index (κ2) is 12.8. The van der Waals surface area contributed by atoms with Crippen LogP contribution in [0.3, 0.4) is 0 Å². The average Bonchev–Trinajstić information content (AvgIpc) is 2.91. The fourth-order valence-corrected chi connectivity index (χ4v) is 4.52. The summed E-state index contributed by atoms with van der Waals surface area (Å²) in [6.45, 7) is 2.30. The molecule has 0 amide bonds. The number of sulfone groups is 1. The van der Waals surface area contributed by atoms with Crippen molar-refractivity contribution in [2.45, 2.75) is 12.8 Å². The number of hydrogen-bond acceptors (Lipinski definition) is 10. The van der Waals surface area contributed by atoms with Gasteiger partial charge in [-0.1, -0.05) is 30.3 Å². The van der Waals surface area contributed by atoms with Crippen LogP contribution in [0.1, 0.15) is 5.56 Å². The Morgan fingerprint density at radius 2 is 1.82 bits per heavy atom. The highest BCUT2D eigenvalue weighted by Crippen LogP contribution is 2.19. The second-order valence-electron chi connectivity index (χ2n) is 9.12. The molecule has 202 valence electrons. The first-order chi connectivity index (χ1) is 18.3. The molecular weight excluding hydrogens is 504 g/mol. The van der Waals surface area contributed by atoms with Crippen LogP contribution in [0.2, 0.25) is 0 Å². The molecule has 2 aromatic carbocycles. The van der Waals surface area contributed by atoms with Crippen molar-refractivity contribution in [3.05, 3.63) is 77.1 Å². The summed E-state index contributed by atoms with van der Waals surface area (Å²) in [5.41, 5.74) is 1.99. The third-order valence-corrected chi connectivity index (χ3v) is 6.95. The van der Waals surface area contributed by atoms with Crippen molar-refractivity contribution in [1.29, 1.82) is 0 Å². The fraction of sp³-hybridized carbons (Fsp3) is 0.333. The van der Waals surface area contributed by atoms with Gasteiger partial charge < -0.3 is 15.0 Å². The van der Waals surface area contributed by atoms with Crippen molar-refractivity contribution in [3.8, 4) is 5.75 Å². The third-order valence-electron chi connectivity index (χ3n) is 6.03. The number of fused-ring (bicyclic) bond motifs is 1. The van der Waals surface area contributed by atoms with Gasteiger partial charge >= 0.3 is 0 Å². The van der Waals surface area contributed by atoms with Gasteiger partial charge in [-0.05, 0) is 43.0 Å². The van der Waals surface area contributed by atoms with Crippen LogP contribution in [0, 0.1) is 0 Å². The Kier molecular flexibility index (Phi) is 9.29. The highest BCUT2D eigenvalue weighted by atomic mass is 32.2. The summed E-state index contributed by atoms with van der Waals surface area (Å²) in [5, 5.41) is 10.1. The lowest BCUT2D eigenvalue weighted by Crippen LogP contribution is -2.50. The van der Waals surface area contributed by atoms with Gasteiger partial charge in [-0.15, -0.1) is 0 Å². The van der Waals surface area contributed by atoms with Gasteiger partial charge in [0.05, 0.1) is 24.4 Å². The molecule has 0 fully saturated rings. The molecule has 1 aliphatic heterocycles. The van der Waals surface area contributed by atoms with Gasteiger partial charge in [0.1, 0.15) is 40.5 Å². The molecule has 38 heavy (non-hydrogen) atoms. The van der Waals surface area contributed by atoms with Gasteiger partial charge in [-0.3, -0.25) is 10.2 Å². The summed E-state index contributed by atoms with van der Waals surface area (Å²) >= 11 is 0. The number of hydroxylamine groups is 2. The van der Waals surface area contributed by atoms with Gasteiger partial charge in [0.2, 0.25) is 0 Å². The standard InChI is InChI=1S/C27H34N6O4S/c1-32(15-16-38(3,34)35)14-13-28-26-17-24-25(18-33(26)36-2)29-20-30-27(24)31-22-9-11-23(12-10-22)37-19-21-7-5-4-6-8-21/h4-12,17-18,20,26,28H,13-16,19H2,1-3H3,(H,29,30,31). The molecule has 11 heteroatoms. The molecule has 1 aliphatic rings. The normalized spacial score (nSPS) is 14.9. The monoisotopic (exact) mass is 538 g/mol. The van der Waals surface area contributed by atoms with Crippen LogP contribution in [0.25, 0.3) is 12.3 Å². The van der Waals surface area contributed by atoms with Gasteiger partial charge in [-0.25, -0.2) is 23.4 Å². The zero-order valence-electron chi connectivity index (χ0n) is 21.9. The van der Waals surface area contributed by atoms with E-state index in [1.54, 1.807) is 12.2 Å². The SMILES string of the molecule is CON1C=c2ncnc(Nc3ccc(OCc4ccccc4)cc3)c2=CC1NCCN(C)CCS(C)(=O)=O. The summed E-state index contributed by atoms with van der Waals surface area (Å²) in [4.78, 5) is 16.4. The molecule has 2 heterocycles. The van der Waals surface area contributed by atoms with E-state index in [2.05, 4.69) is 20.6 Å². The van der Waals surface area contributed by atoms with E-state index in [0.717, 1.165) is 27.6 Å². The van der Waals surface area contributed by atoms with Crippen LogP contribution < -0.4 is 25.9 Å². The van der Waals surface area contributed by atoms with Gasteiger partial charge in [-0.2, -0.15) is 0 Å². The lowest BCUT2D eigenvalue weighted by molar-refractivity contribution is -0.0946. The van der Waals surface area contributed by atoms with Crippen LogP contribution in [0.15, 0.2) is 60.9 Å². The molecule has 10 nitrogen and oxygen atoms in total. The molecule has 2 N–H and O–H groups in total. The van der Waals surface area contributed by atoms with Gasteiger partial charge in [0.15, 0.2) is 0 Å². The van der Waals surface area contributed by atoms with E-state index in [0.29, 0.717) is 32.1 Å². The molecule has 3 aromatic rings. The Bertz CT molecular complexity index is 1420. The smallest absolute Gasteiger partial charge is 0.148 e. The Labute approximate surface area is 223 Å². The summed E-state index contributed by atoms with van der Waals surface area (Å²) in [6, 6.07) is 17.8. The Morgan fingerprint density at radius 1 is 1.05 bits per heavy atom. The second-order valence-corrected chi connectivity index (χ2v) is 11.4. The minimum absolute atomic E-state index is 0.136. The number of aromatic nitrogens is 2. The van der Waals surface area contributed by atoms with Crippen LogP contribution >= 0.6 is 0 Å². The fourth-order valence-electron chi connectivity index (χ4n) is 3.87. The number of nitrogens with one attached hydrogen (secondary N) is 2. The van der Waals surface area contributed by atoms with Gasteiger partial charge in [0, 0.05) is 36.8 Å². The van der Waals surface area contributed by atoms with Crippen molar-refractivity contribution >= 4 is 33.6 Å². The Morgan fingerprint density at radius 3 is 2.53 bits per heavy atom. The molecule has 0 aliphatic carbocycles. The largest absolute Gasteiger partial charge is 0.489 e. The molecule has 0 radical (unpaired) electrons. The number of rotatable bonds is 13. The van der Waals surface area contributed by atoms with E-state index in [9.17, 15) is 8.42 Å². The highest BCUT2D eigenvalue weighted by molar-refractivity contribution is 7.90. The lowest BCUT2D eigenvalue weighted by Gasteiger charge is -2.29. The maximum Gasteiger partial charge on any atom is 0.148 e. The minimum Gasteiger partial charge on any atom is -0.489 e. The molecule has 1 atom stereocenters. The molecule has 1 aromatic heterocycles. The average molecular weight is 539 g/mol. The van der Waals surface area contributed by atoms with E-state index >= 15 is 0 Å². The number of nitrogens with zero attached hydrogens (tertiary/aromatic N) is 4. The number of likely N-dealkylation sites (N-methyl/N-ethyl adjacent to an activating group) is 1. The first-order valence-electron chi connectivity index (χ1n) is 12.3. The predicted octanol–water partition coefficient (Wildman–Crippen LogP) is 1.09. The molecule has 1 unspecified atom stereocenters. The number of benzene rings is 2. The highest BCUT2D eigenvalue weighted by Gasteiger charge is 2.18. The molecule has 0 saturated heterocycles. The van der Waals surface area contributed by atoms with Crippen LogP contribution in [-0.2, 0) is 21.3 Å². The third kappa shape index (κ3) is 7.99. The summed E-state index contributed by atoms with van der Waals surface area (Å²) in [5.74, 6) is 1.60. The number of ether oxygens (including phenoxy) is 1. The van der Waals surface area contributed by atoms with Crippen molar-refractivity contribution < 1.29 is 18.0 Å². The first kappa shape index (κ1) is 27.5. The maximum absolute atomic E-state index is 11.4. The lowest BCUT2D eigenvalue weighted by atomic mass is 10.2. The minimum atomic E-state index is -2.99. The van der Waals surface area contributed by atoms with Crippen LogP contribution in [0.5, 0.6) is 5.75 Å². The van der Waals surface area contributed by atoms with E-state index in [1.807, 2.05) is 78.8 Å². The predicted molar refractivity (Wildman–Crippen MR) is 149 cm³/mol. The van der Waals surface area contributed by atoms with Crippen LogP contribution in [0.4, 0.5) is 11.5 Å². The summed E-state index contributed by atoms with van der Waals surface area (Å²) in [7, 11) is 0.517. The van der Waals surface area contributed by atoms with E-state index in [-0.39, 0.29) is 11.9 Å². The van der Waals surface area contributed by atoms with Crippen molar-refractivity contribution in [2.24, 2.45) is 0 Å². The van der Waals surface area contributed by atoms with E-state index in [4.69, 9.17) is 9.57 Å². The molecule has 0 spiro atoms. The zero-order chi connectivity index (χ0) is 27.0. The van der Waals surface area contributed by atoms with Gasteiger partial charge in [0.25, 0.3) is 0 Å². The summed E-state index contributed by atoms with van der Waals surface area (Å²) in [6.07, 6.45) is 6.35. The zero-order valence-corrected chi connectivity index (χ0v) is 22.7.